The highest BCUT2D eigenvalue weighted by molar-refractivity contribution is 5.95. The summed E-state index contributed by atoms with van der Waals surface area (Å²) in [5.41, 5.74) is 3.63. The van der Waals surface area contributed by atoms with Gasteiger partial charge in [0.2, 0.25) is 0 Å². The number of aromatic hydroxyl groups is 1. The number of ether oxygens (including phenoxy) is 2. The lowest BCUT2D eigenvalue weighted by Crippen LogP contribution is -2.17. The van der Waals surface area contributed by atoms with Crippen molar-refractivity contribution in [2.75, 3.05) is 13.7 Å². The summed E-state index contributed by atoms with van der Waals surface area (Å²) in [5, 5.41) is 13.2. The Kier molecular flexibility index (Phi) is 7.49. The summed E-state index contributed by atoms with van der Waals surface area (Å²) in [6, 6.07) is 11.4. The Balaban J connectivity index is 1.94. The van der Waals surface area contributed by atoms with Gasteiger partial charge in [-0.1, -0.05) is 19.8 Å². The fourth-order valence-electron chi connectivity index (χ4n) is 2.26. The number of amides is 1. The molecule has 2 aromatic rings. The van der Waals surface area contributed by atoms with E-state index < -0.39 is 0 Å². The fraction of sp³-hybridized carbons (Fsp3) is 0.300. The number of carbonyl (C=O) groups is 1. The summed E-state index contributed by atoms with van der Waals surface area (Å²) in [7, 11) is 1.59. The maximum Gasteiger partial charge on any atom is 0.271 e. The van der Waals surface area contributed by atoms with Crippen LogP contribution in [-0.4, -0.2) is 30.9 Å². The standard InChI is InChI=1S/C20H24N2O4/c1-3-4-5-12-26-18-11-6-15(13-19(18)25-2)14-21-22-20(24)16-7-9-17(23)10-8-16/h6-11,13-14,23H,3-5,12H2,1-2H3,(H,22,24)/b21-14+. The van der Waals surface area contributed by atoms with Crippen LogP contribution in [0.15, 0.2) is 47.6 Å². The minimum atomic E-state index is -0.357. The number of hydrogen-bond acceptors (Lipinski definition) is 5. The molecule has 0 aromatic heterocycles. The lowest BCUT2D eigenvalue weighted by atomic mass is 10.2. The summed E-state index contributed by atoms with van der Waals surface area (Å²) >= 11 is 0. The lowest BCUT2D eigenvalue weighted by Gasteiger charge is -2.11. The molecule has 1 amide bonds. The molecule has 2 aromatic carbocycles. The zero-order valence-corrected chi connectivity index (χ0v) is 15.1. The van der Waals surface area contributed by atoms with Crippen LogP contribution in [0.4, 0.5) is 0 Å². The topological polar surface area (TPSA) is 80.2 Å². The van der Waals surface area contributed by atoms with E-state index in [-0.39, 0.29) is 11.7 Å². The maximum absolute atomic E-state index is 11.9. The van der Waals surface area contributed by atoms with Crippen LogP contribution in [0.1, 0.15) is 42.1 Å². The van der Waals surface area contributed by atoms with Gasteiger partial charge in [-0.3, -0.25) is 4.79 Å². The third-order valence-corrected chi connectivity index (χ3v) is 3.70. The van der Waals surface area contributed by atoms with E-state index in [0.29, 0.717) is 23.7 Å². The van der Waals surface area contributed by atoms with Gasteiger partial charge in [-0.2, -0.15) is 5.10 Å². The number of phenols is 1. The second-order valence-electron chi connectivity index (χ2n) is 5.71. The van der Waals surface area contributed by atoms with E-state index in [2.05, 4.69) is 17.5 Å². The van der Waals surface area contributed by atoms with Crippen LogP contribution in [0.2, 0.25) is 0 Å². The number of hydrogen-bond donors (Lipinski definition) is 2. The van der Waals surface area contributed by atoms with E-state index in [1.165, 1.54) is 30.5 Å². The number of carbonyl (C=O) groups excluding carboxylic acids is 1. The van der Waals surface area contributed by atoms with Crippen molar-refractivity contribution in [1.29, 1.82) is 0 Å². The second kappa shape index (κ2) is 10.1. The second-order valence-corrected chi connectivity index (χ2v) is 5.71. The summed E-state index contributed by atoms with van der Waals surface area (Å²) in [6.07, 6.45) is 4.81. The molecule has 0 atom stereocenters. The van der Waals surface area contributed by atoms with E-state index in [1.807, 2.05) is 12.1 Å². The van der Waals surface area contributed by atoms with Crippen molar-refractivity contribution in [3.8, 4) is 17.2 Å². The monoisotopic (exact) mass is 356 g/mol. The molecular formula is C20H24N2O4. The van der Waals surface area contributed by atoms with Crippen molar-refractivity contribution in [3.05, 3.63) is 53.6 Å². The first-order chi connectivity index (χ1) is 12.6. The maximum atomic E-state index is 11.9. The van der Waals surface area contributed by atoms with E-state index >= 15 is 0 Å². The number of phenolic OH excluding ortho intramolecular Hbond substituents is 1. The molecule has 0 radical (unpaired) electrons. The SMILES string of the molecule is CCCCCOc1ccc(/C=N/NC(=O)c2ccc(O)cc2)cc1OC. The molecule has 0 saturated carbocycles. The molecule has 2 rings (SSSR count). The van der Waals surface area contributed by atoms with Gasteiger partial charge in [0.25, 0.3) is 5.91 Å². The summed E-state index contributed by atoms with van der Waals surface area (Å²) < 4.78 is 11.1. The Morgan fingerprint density at radius 2 is 1.92 bits per heavy atom. The number of rotatable bonds is 9. The molecule has 0 spiro atoms. The van der Waals surface area contributed by atoms with Crippen LogP contribution >= 0.6 is 0 Å². The van der Waals surface area contributed by atoms with Gasteiger partial charge < -0.3 is 14.6 Å². The third-order valence-electron chi connectivity index (χ3n) is 3.70. The van der Waals surface area contributed by atoms with Gasteiger partial charge in [-0.05, 0) is 54.4 Å². The average molecular weight is 356 g/mol. The minimum absolute atomic E-state index is 0.106. The molecule has 26 heavy (non-hydrogen) atoms. The highest BCUT2D eigenvalue weighted by Crippen LogP contribution is 2.27. The van der Waals surface area contributed by atoms with Gasteiger partial charge >= 0.3 is 0 Å². The molecule has 0 fully saturated rings. The summed E-state index contributed by atoms with van der Waals surface area (Å²) in [4.78, 5) is 11.9. The molecule has 0 saturated heterocycles. The van der Waals surface area contributed by atoms with Gasteiger partial charge in [-0.25, -0.2) is 5.43 Å². The van der Waals surface area contributed by atoms with Gasteiger partial charge in [0.05, 0.1) is 19.9 Å². The molecule has 0 heterocycles. The van der Waals surface area contributed by atoms with Crippen molar-refractivity contribution in [3.63, 3.8) is 0 Å². The predicted molar refractivity (Wildman–Crippen MR) is 101 cm³/mol. The number of methoxy groups -OCH3 is 1. The van der Waals surface area contributed by atoms with Crippen LogP contribution in [0.5, 0.6) is 17.2 Å². The number of hydrazone groups is 1. The Bertz CT molecular complexity index is 742. The van der Waals surface area contributed by atoms with Crippen LogP contribution in [-0.2, 0) is 0 Å². The van der Waals surface area contributed by atoms with Crippen molar-refractivity contribution in [1.82, 2.24) is 5.43 Å². The van der Waals surface area contributed by atoms with Gasteiger partial charge in [-0.15, -0.1) is 0 Å². The largest absolute Gasteiger partial charge is 0.508 e. The van der Waals surface area contributed by atoms with E-state index in [4.69, 9.17) is 9.47 Å². The normalized spacial score (nSPS) is 10.7. The van der Waals surface area contributed by atoms with Crippen molar-refractivity contribution < 1.29 is 19.4 Å². The average Bonchev–Trinajstić information content (AvgIpc) is 2.66. The first-order valence-corrected chi connectivity index (χ1v) is 8.57. The van der Waals surface area contributed by atoms with Crippen LogP contribution in [0.3, 0.4) is 0 Å². The number of unbranched alkanes of at least 4 members (excludes halogenated alkanes) is 2. The zero-order chi connectivity index (χ0) is 18.8. The molecule has 0 unspecified atom stereocenters. The highest BCUT2D eigenvalue weighted by Gasteiger charge is 2.06. The first-order valence-electron chi connectivity index (χ1n) is 8.57. The van der Waals surface area contributed by atoms with Crippen molar-refractivity contribution >= 4 is 12.1 Å². The lowest BCUT2D eigenvalue weighted by molar-refractivity contribution is 0.0955. The Morgan fingerprint density at radius 1 is 1.15 bits per heavy atom. The summed E-state index contributed by atoms with van der Waals surface area (Å²) in [5.74, 6) is 1.06. The first kappa shape index (κ1) is 19.3. The molecule has 6 heteroatoms. The Labute approximate surface area is 153 Å². The predicted octanol–water partition coefficient (Wildman–Crippen LogP) is 3.73. The zero-order valence-electron chi connectivity index (χ0n) is 15.1. The van der Waals surface area contributed by atoms with E-state index in [1.54, 1.807) is 13.2 Å². The molecule has 0 bridgehead atoms. The quantitative estimate of drug-likeness (QED) is 0.407. The molecular weight excluding hydrogens is 332 g/mol. The van der Waals surface area contributed by atoms with E-state index in [9.17, 15) is 9.90 Å². The summed E-state index contributed by atoms with van der Waals surface area (Å²) in [6.45, 7) is 2.80. The Morgan fingerprint density at radius 3 is 2.62 bits per heavy atom. The molecule has 138 valence electrons. The molecule has 2 N–H and O–H groups in total. The van der Waals surface area contributed by atoms with Crippen LogP contribution in [0, 0.1) is 0 Å². The molecule has 0 aliphatic carbocycles. The molecule has 0 aliphatic heterocycles. The number of nitrogens with one attached hydrogen (secondary N) is 1. The van der Waals surface area contributed by atoms with Gasteiger partial charge in [0.1, 0.15) is 5.75 Å². The third kappa shape index (κ3) is 5.81. The molecule has 6 nitrogen and oxygen atoms in total. The molecule has 0 aliphatic rings. The fourth-order valence-corrected chi connectivity index (χ4v) is 2.26. The minimum Gasteiger partial charge on any atom is -0.508 e. The van der Waals surface area contributed by atoms with Crippen LogP contribution in [0.25, 0.3) is 0 Å². The van der Waals surface area contributed by atoms with Crippen molar-refractivity contribution in [2.45, 2.75) is 26.2 Å². The van der Waals surface area contributed by atoms with Crippen LogP contribution < -0.4 is 14.9 Å². The highest BCUT2D eigenvalue weighted by atomic mass is 16.5. The number of nitrogens with zero attached hydrogens (tertiary/aromatic N) is 1. The Hall–Kier alpha value is -3.02. The van der Waals surface area contributed by atoms with Gasteiger partial charge in [0.15, 0.2) is 11.5 Å². The number of benzene rings is 2. The van der Waals surface area contributed by atoms with Crippen molar-refractivity contribution in [2.24, 2.45) is 5.10 Å². The van der Waals surface area contributed by atoms with Gasteiger partial charge in [0, 0.05) is 5.56 Å². The smallest absolute Gasteiger partial charge is 0.271 e. The van der Waals surface area contributed by atoms with E-state index in [0.717, 1.165) is 24.8 Å².